The first-order valence-electron chi connectivity index (χ1n) is 10.7. The highest BCUT2D eigenvalue weighted by atomic mass is 16.5. The molecular weight excluding hydrogens is 382 g/mol. The van der Waals surface area contributed by atoms with Gasteiger partial charge in [0.05, 0.1) is 11.8 Å². The molecule has 1 aromatic heterocycles. The van der Waals surface area contributed by atoms with Gasteiger partial charge in [0.15, 0.2) is 5.76 Å². The van der Waals surface area contributed by atoms with Gasteiger partial charge in [0.2, 0.25) is 0 Å². The second-order valence-corrected chi connectivity index (χ2v) is 7.64. The SMILES string of the molecule is CCOCCCNC(=O)c1cc(NC(=O)c2ccco2)ccc1N1CCC(C)CC1. The van der Waals surface area contributed by atoms with Crippen molar-refractivity contribution in [3.63, 3.8) is 0 Å². The third-order valence-corrected chi connectivity index (χ3v) is 5.32. The lowest BCUT2D eigenvalue weighted by molar-refractivity contribution is 0.0942. The molecule has 0 aliphatic carbocycles. The van der Waals surface area contributed by atoms with Crippen molar-refractivity contribution in [1.29, 1.82) is 0 Å². The van der Waals surface area contributed by atoms with Crippen LogP contribution in [0.2, 0.25) is 0 Å². The monoisotopic (exact) mass is 413 g/mol. The number of benzene rings is 1. The fraction of sp³-hybridized carbons (Fsp3) is 0.478. The zero-order valence-corrected chi connectivity index (χ0v) is 17.8. The number of hydrogen-bond donors (Lipinski definition) is 2. The Morgan fingerprint density at radius 1 is 1.20 bits per heavy atom. The first-order chi connectivity index (χ1) is 14.6. The molecule has 0 radical (unpaired) electrons. The van der Waals surface area contributed by atoms with Crippen molar-refractivity contribution < 1.29 is 18.7 Å². The molecule has 0 bridgehead atoms. The van der Waals surface area contributed by atoms with E-state index in [4.69, 9.17) is 9.15 Å². The average molecular weight is 414 g/mol. The zero-order valence-electron chi connectivity index (χ0n) is 17.8. The minimum absolute atomic E-state index is 0.144. The van der Waals surface area contributed by atoms with Gasteiger partial charge in [-0.2, -0.15) is 0 Å². The van der Waals surface area contributed by atoms with E-state index in [1.807, 2.05) is 19.1 Å². The molecule has 0 spiro atoms. The number of amides is 2. The normalized spacial score (nSPS) is 14.5. The van der Waals surface area contributed by atoms with Crippen LogP contribution in [0.25, 0.3) is 0 Å². The van der Waals surface area contributed by atoms with Crippen molar-refractivity contribution in [2.45, 2.75) is 33.1 Å². The van der Waals surface area contributed by atoms with Crippen molar-refractivity contribution in [3.05, 3.63) is 47.9 Å². The molecule has 1 fully saturated rings. The molecule has 1 saturated heterocycles. The van der Waals surface area contributed by atoms with Gasteiger partial charge in [-0.15, -0.1) is 0 Å². The third kappa shape index (κ3) is 5.86. The highest BCUT2D eigenvalue weighted by Crippen LogP contribution is 2.29. The molecule has 1 aromatic carbocycles. The van der Waals surface area contributed by atoms with E-state index in [0.29, 0.717) is 36.9 Å². The molecule has 7 nitrogen and oxygen atoms in total. The fourth-order valence-electron chi connectivity index (χ4n) is 3.54. The summed E-state index contributed by atoms with van der Waals surface area (Å²) in [6.45, 7) is 7.88. The van der Waals surface area contributed by atoms with E-state index in [2.05, 4.69) is 22.5 Å². The molecule has 30 heavy (non-hydrogen) atoms. The second-order valence-electron chi connectivity index (χ2n) is 7.64. The first-order valence-corrected chi connectivity index (χ1v) is 10.7. The molecule has 2 aromatic rings. The minimum atomic E-state index is -0.345. The Labute approximate surface area is 177 Å². The van der Waals surface area contributed by atoms with Crippen LogP contribution in [-0.4, -0.2) is 44.7 Å². The fourth-order valence-corrected chi connectivity index (χ4v) is 3.54. The number of carbonyl (C=O) groups excluding carboxylic acids is 2. The van der Waals surface area contributed by atoms with Gasteiger partial charge in [-0.3, -0.25) is 9.59 Å². The van der Waals surface area contributed by atoms with Crippen LogP contribution in [0, 0.1) is 5.92 Å². The summed E-state index contributed by atoms with van der Waals surface area (Å²) < 4.78 is 10.5. The summed E-state index contributed by atoms with van der Waals surface area (Å²) in [5.41, 5.74) is 2.03. The highest BCUT2D eigenvalue weighted by molar-refractivity contribution is 6.05. The standard InChI is InChI=1S/C23H31N3O4/c1-3-29-14-5-11-24-22(27)19-16-18(25-23(28)21-6-4-15-30-21)7-8-20(19)26-12-9-17(2)10-13-26/h4,6-8,15-17H,3,5,9-14H2,1-2H3,(H,24,27)(H,25,28). The predicted molar refractivity (Wildman–Crippen MR) is 117 cm³/mol. The van der Waals surface area contributed by atoms with E-state index >= 15 is 0 Å². The lowest BCUT2D eigenvalue weighted by Gasteiger charge is -2.33. The Bertz CT molecular complexity index is 827. The van der Waals surface area contributed by atoms with Crippen molar-refractivity contribution in [3.8, 4) is 0 Å². The van der Waals surface area contributed by atoms with E-state index < -0.39 is 0 Å². The largest absolute Gasteiger partial charge is 0.459 e. The highest BCUT2D eigenvalue weighted by Gasteiger charge is 2.22. The molecular formula is C23H31N3O4. The third-order valence-electron chi connectivity index (χ3n) is 5.32. The molecule has 0 saturated carbocycles. The lowest BCUT2D eigenvalue weighted by atomic mass is 9.97. The number of piperidine rings is 1. The molecule has 2 heterocycles. The number of hydrogen-bond acceptors (Lipinski definition) is 5. The van der Waals surface area contributed by atoms with Crippen molar-refractivity contribution in [2.75, 3.05) is 43.1 Å². The van der Waals surface area contributed by atoms with Crippen LogP contribution in [0.1, 0.15) is 54.0 Å². The van der Waals surface area contributed by atoms with Gasteiger partial charge in [0, 0.05) is 44.2 Å². The molecule has 7 heteroatoms. The van der Waals surface area contributed by atoms with Crippen molar-refractivity contribution in [2.24, 2.45) is 5.92 Å². The maximum atomic E-state index is 13.0. The van der Waals surface area contributed by atoms with Gasteiger partial charge in [-0.25, -0.2) is 0 Å². The topological polar surface area (TPSA) is 83.8 Å². The minimum Gasteiger partial charge on any atom is -0.459 e. The molecule has 0 unspecified atom stereocenters. The van der Waals surface area contributed by atoms with Gasteiger partial charge in [0.25, 0.3) is 11.8 Å². The summed E-state index contributed by atoms with van der Waals surface area (Å²) in [6.07, 6.45) is 4.42. The van der Waals surface area contributed by atoms with E-state index in [9.17, 15) is 9.59 Å². The maximum absolute atomic E-state index is 13.0. The summed E-state index contributed by atoms with van der Waals surface area (Å²) >= 11 is 0. The number of furan rings is 1. The van der Waals surface area contributed by atoms with Gasteiger partial charge in [-0.05, 0) is 62.4 Å². The average Bonchev–Trinajstić information content (AvgIpc) is 3.29. The first kappa shape index (κ1) is 21.9. The number of anilines is 2. The number of nitrogens with one attached hydrogen (secondary N) is 2. The van der Waals surface area contributed by atoms with Crippen LogP contribution in [0.4, 0.5) is 11.4 Å². The molecule has 2 N–H and O–H groups in total. The predicted octanol–water partition coefficient (Wildman–Crippen LogP) is 3.92. The molecule has 0 atom stereocenters. The van der Waals surface area contributed by atoms with Crippen LogP contribution in [0.3, 0.4) is 0 Å². The Hall–Kier alpha value is -2.80. The van der Waals surface area contributed by atoms with Crippen LogP contribution in [-0.2, 0) is 4.74 Å². The van der Waals surface area contributed by atoms with E-state index in [1.54, 1.807) is 18.2 Å². The van der Waals surface area contributed by atoms with E-state index in [1.165, 1.54) is 6.26 Å². The van der Waals surface area contributed by atoms with Crippen LogP contribution in [0.5, 0.6) is 0 Å². The lowest BCUT2D eigenvalue weighted by Crippen LogP contribution is -2.35. The zero-order chi connectivity index (χ0) is 21.3. The van der Waals surface area contributed by atoms with E-state index in [-0.39, 0.29) is 17.6 Å². The van der Waals surface area contributed by atoms with Crippen molar-refractivity contribution in [1.82, 2.24) is 5.32 Å². The Morgan fingerprint density at radius 3 is 2.70 bits per heavy atom. The molecule has 1 aliphatic heterocycles. The molecule has 1 aliphatic rings. The summed E-state index contributed by atoms with van der Waals surface area (Å²) in [6, 6.07) is 8.76. The summed E-state index contributed by atoms with van der Waals surface area (Å²) in [4.78, 5) is 27.5. The second kappa shape index (κ2) is 10.8. The van der Waals surface area contributed by atoms with Crippen LogP contribution < -0.4 is 15.5 Å². The van der Waals surface area contributed by atoms with E-state index in [0.717, 1.165) is 38.0 Å². The molecule has 2 amide bonds. The van der Waals surface area contributed by atoms with Gasteiger partial charge in [0.1, 0.15) is 0 Å². The number of ether oxygens (including phenoxy) is 1. The Kier molecular flexibility index (Phi) is 7.90. The quantitative estimate of drug-likeness (QED) is 0.609. The molecule has 3 rings (SSSR count). The maximum Gasteiger partial charge on any atom is 0.291 e. The number of rotatable bonds is 9. The van der Waals surface area contributed by atoms with Crippen molar-refractivity contribution >= 4 is 23.2 Å². The number of nitrogens with zero attached hydrogens (tertiary/aromatic N) is 1. The summed E-state index contributed by atoms with van der Waals surface area (Å²) in [5.74, 6) is 0.437. The van der Waals surface area contributed by atoms with Gasteiger partial charge >= 0.3 is 0 Å². The smallest absolute Gasteiger partial charge is 0.291 e. The summed E-state index contributed by atoms with van der Waals surface area (Å²) in [5, 5.41) is 5.79. The summed E-state index contributed by atoms with van der Waals surface area (Å²) in [7, 11) is 0. The number of carbonyl (C=O) groups is 2. The van der Waals surface area contributed by atoms with Crippen LogP contribution in [0.15, 0.2) is 41.0 Å². The Balaban J connectivity index is 1.75. The van der Waals surface area contributed by atoms with Gasteiger partial charge < -0.3 is 24.7 Å². The molecule has 162 valence electrons. The van der Waals surface area contributed by atoms with Crippen LogP contribution >= 0.6 is 0 Å². The van der Waals surface area contributed by atoms with Gasteiger partial charge in [-0.1, -0.05) is 6.92 Å². The Morgan fingerprint density at radius 2 is 2.00 bits per heavy atom.